The molecule has 1 aromatic heterocycles. The third-order valence-corrected chi connectivity index (χ3v) is 3.22. The number of amides is 2. The quantitative estimate of drug-likeness (QED) is 0.831. The van der Waals surface area contributed by atoms with Gasteiger partial charge in [-0.15, -0.1) is 0 Å². The molecule has 0 bridgehead atoms. The van der Waals surface area contributed by atoms with Crippen molar-refractivity contribution in [2.75, 3.05) is 13.6 Å². The molecule has 0 aliphatic carbocycles. The summed E-state index contributed by atoms with van der Waals surface area (Å²) < 4.78 is 5.01. The van der Waals surface area contributed by atoms with Gasteiger partial charge in [-0.1, -0.05) is 5.16 Å². The minimum atomic E-state index is -0.0995. The van der Waals surface area contributed by atoms with Gasteiger partial charge >= 0.3 is 0 Å². The third kappa shape index (κ3) is 2.52. The second-order valence-electron chi connectivity index (χ2n) is 4.72. The molecule has 1 N–H and O–H groups in total. The third-order valence-electron chi connectivity index (χ3n) is 3.22. The molecule has 0 radical (unpaired) electrons. The lowest BCUT2D eigenvalue weighted by Gasteiger charge is -2.12. The van der Waals surface area contributed by atoms with Crippen molar-refractivity contribution >= 4 is 11.8 Å². The minimum absolute atomic E-state index is 0.0673. The summed E-state index contributed by atoms with van der Waals surface area (Å²) in [7, 11) is 1.74. The first-order valence-electron chi connectivity index (χ1n) is 5.92. The number of carbonyl (C=O) groups excluding carboxylic acids is 2. The summed E-state index contributed by atoms with van der Waals surface area (Å²) in [4.78, 5) is 24.8. The lowest BCUT2D eigenvalue weighted by Crippen LogP contribution is -2.37. The second-order valence-corrected chi connectivity index (χ2v) is 4.72. The topological polar surface area (TPSA) is 75.4 Å². The summed E-state index contributed by atoms with van der Waals surface area (Å²) in [5.41, 5.74) is 1.56. The maximum absolute atomic E-state index is 11.9. The van der Waals surface area contributed by atoms with E-state index in [1.54, 1.807) is 18.9 Å². The number of hydrogen-bond donors (Lipinski definition) is 1. The molecule has 2 amide bonds. The number of nitrogens with zero attached hydrogens (tertiary/aromatic N) is 2. The largest absolute Gasteiger partial charge is 0.361 e. The number of likely N-dealkylation sites (tertiary alicyclic amines) is 1. The predicted octanol–water partition coefficient (Wildman–Crippen LogP) is 0.181. The summed E-state index contributed by atoms with van der Waals surface area (Å²) in [5, 5.41) is 6.67. The molecule has 0 saturated carbocycles. The molecule has 2 heterocycles. The molecule has 2 rings (SSSR count). The van der Waals surface area contributed by atoms with Crippen LogP contribution in [0.5, 0.6) is 0 Å². The van der Waals surface area contributed by atoms with Crippen LogP contribution < -0.4 is 5.32 Å². The zero-order valence-corrected chi connectivity index (χ0v) is 10.8. The Morgan fingerprint density at radius 2 is 2.28 bits per heavy atom. The van der Waals surface area contributed by atoms with Crippen LogP contribution in [0.3, 0.4) is 0 Å². The van der Waals surface area contributed by atoms with Crippen LogP contribution in [0.15, 0.2) is 4.52 Å². The van der Waals surface area contributed by atoms with Crippen LogP contribution in [0.2, 0.25) is 0 Å². The van der Waals surface area contributed by atoms with E-state index in [1.165, 1.54) is 0 Å². The molecular weight excluding hydrogens is 234 g/mol. The van der Waals surface area contributed by atoms with Crippen molar-refractivity contribution < 1.29 is 14.1 Å². The van der Waals surface area contributed by atoms with Crippen molar-refractivity contribution in [3.05, 3.63) is 17.0 Å². The Kier molecular flexibility index (Phi) is 3.36. The van der Waals surface area contributed by atoms with Gasteiger partial charge < -0.3 is 14.7 Å². The van der Waals surface area contributed by atoms with Crippen LogP contribution >= 0.6 is 0 Å². The van der Waals surface area contributed by atoms with Crippen molar-refractivity contribution in [1.82, 2.24) is 15.4 Å². The molecule has 0 aromatic carbocycles. The Balaban J connectivity index is 1.92. The molecule has 1 fully saturated rings. The fourth-order valence-electron chi connectivity index (χ4n) is 2.15. The van der Waals surface area contributed by atoms with Crippen LogP contribution in [-0.2, 0) is 16.0 Å². The zero-order valence-electron chi connectivity index (χ0n) is 10.8. The van der Waals surface area contributed by atoms with E-state index in [9.17, 15) is 9.59 Å². The predicted molar refractivity (Wildman–Crippen MR) is 63.9 cm³/mol. The molecule has 0 unspecified atom stereocenters. The maximum atomic E-state index is 11.9. The average Bonchev–Trinajstić information content (AvgIpc) is 2.76. The number of aryl methyl sites for hydroxylation is 2. The van der Waals surface area contributed by atoms with Gasteiger partial charge in [-0.25, -0.2) is 0 Å². The lowest BCUT2D eigenvalue weighted by atomic mass is 10.1. The van der Waals surface area contributed by atoms with Crippen LogP contribution in [0.1, 0.15) is 23.4 Å². The molecule has 6 nitrogen and oxygen atoms in total. The van der Waals surface area contributed by atoms with Crippen LogP contribution in [-0.4, -0.2) is 41.5 Å². The lowest BCUT2D eigenvalue weighted by molar-refractivity contribution is -0.126. The normalized spacial score (nSPS) is 19.4. The SMILES string of the molecule is Cc1noc(C)c1CC(=O)N[C@H]1CC(=O)N(C)C1. The molecule has 1 saturated heterocycles. The molecule has 1 aromatic rings. The fourth-order valence-corrected chi connectivity index (χ4v) is 2.15. The maximum Gasteiger partial charge on any atom is 0.224 e. The highest BCUT2D eigenvalue weighted by atomic mass is 16.5. The Labute approximate surface area is 105 Å². The van der Waals surface area contributed by atoms with Gasteiger partial charge in [-0.05, 0) is 13.8 Å². The zero-order chi connectivity index (χ0) is 13.3. The second kappa shape index (κ2) is 4.80. The van der Waals surface area contributed by atoms with Crippen molar-refractivity contribution in [1.29, 1.82) is 0 Å². The standard InChI is InChI=1S/C12H17N3O3/c1-7-10(8(2)18-14-7)5-11(16)13-9-4-12(17)15(3)6-9/h9H,4-6H2,1-3H3,(H,13,16)/t9-/m0/s1. The van der Waals surface area contributed by atoms with E-state index < -0.39 is 0 Å². The molecule has 6 heteroatoms. The van der Waals surface area contributed by atoms with Crippen LogP contribution in [0.25, 0.3) is 0 Å². The highest BCUT2D eigenvalue weighted by molar-refractivity contribution is 5.83. The molecule has 18 heavy (non-hydrogen) atoms. The van der Waals surface area contributed by atoms with Crippen molar-refractivity contribution in [3.8, 4) is 0 Å². The summed E-state index contributed by atoms with van der Waals surface area (Å²) in [6.07, 6.45) is 0.624. The molecule has 0 spiro atoms. The number of aromatic nitrogens is 1. The smallest absolute Gasteiger partial charge is 0.224 e. The minimum Gasteiger partial charge on any atom is -0.361 e. The van der Waals surface area contributed by atoms with Gasteiger partial charge in [-0.2, -0.15) is 0 Å². The summed E-state index contributed by atoms with van der Waals surface area (Å²) in [6, 6.07) is -0.0875. The van der Waals surface area contributed by atoms with Crippen LogP contribution in [0.4, 0.5) is 0 Å². The summed E-state index contributed by atoms with van der Waals surface area (Å²) in [6.45, 7) is 4.17. The van der Waals surface area contributed by atoms with E-state index >= 15 is 0 Å². The number of hydrogen-bond acceptors (Lipinski definition) is 4. The van der Waals surface area contributed by atoms with E-state index in [2.05, 4.69) is 10.5 Å². The highest BCUT2D eigenvalue weighted by Gasteiger charge is 2.28. The van der Waals surface area contributed by atoms with Gasteiger partial charge in [0.25, 0.3) is 0 Å². The fraction of sp³-hybridized carbons (Fsp3) is 0.583. The van der Waals surface area contributed by atoms with Gasteiger partial charge in [0, 0.05) is 25.6 Å². The molecule has 1 atom stereocenters. The van der Waals surface area contributed by atoms with Gasteiger partial charge in [0.05, 0.1) is 18.2 Å². The van der Waals surface area contributed by atoms with Gasteiger partial charge in [0.15, 0.2) is 0 Å². The first kappa shape index (κ1) is 12.6. The summed E-state index contributed by atoms with van der Waals surface area (Å²) in [5.74, 6) is 0.636. The van der Waals surface area contributed by atoms with E-state index in [0.717, 1.165) is 11.3 Å². The Hall–Kier alpha value is -1.85. The van der Waals surface area contributed by atoms with Crippen molar-refractivity contribution in [3.63, 3.8) is 0 Å². The van der Waals surface area contributed by atoms with E-state index in [-0.39, 0.29) is 24.3 Å². The molecule has 1 aliphatic rings. The summed E-state index contributed by atoms with van der Waals surface area (Å²) >= 11 is 0. The van der Waals surface area contributed by atoms with Gasteiger partial charge in [-0.3, -0.25) is 9.59 Å². The first-order chi connectivity index (χ1) is 8.47. The molecule has 98 valence electrons. The number of carbonyl (C=O) groups is 2. The number of likely N-dealkylation sites (N-methyl/N-ethyl adjacent to an activating group) is 1. The Morgan fingerprint density at radius 1 is 1.56 bits per heavy atom. The monoisotopic (exact) mass is 251 g/mol. The van der Waals surface area contributed by atoms with Crippen molar-refractivity contribution in [2.45, 2.75) is 32.7 Å². The van der Waals surface area contributed by atoms with Gasteiger partial charge in [0.2, 0.25) is 11.8 Å². The van der Waals surface area contributed by atoms with E-state index in [0.29, 0.717) is 18.7 Å². The Bertz CT molecular complexity index is 461. The first-order valence-corrected chi connectivity index (χ1v) is 5.92. The van der Waals surface area contributed by atoms with E-state index in [4.69, 9.17) is 4.52 Å². The Morgan fingerprint density at radius 3 is 2.78 bits per heavy atom. The number of rotatable bonds is 3. The number of nitrogens with one attached hydrogen (secondary N) is 1. The van der Waals surface area contributed by atoms with Crippen molar-refractivity contribution in [2.24, 2.45) is 0 Å². The van der Waals surface area contributed by atoms with E-state index in [1.807, 2.05) is 6.92 Å². The average molecular weight is 251 g/mol. The van der Waals surface area contributed by atoms with Crippen LogP contribution in [0, 0.1) is 13.8 Å². The molecular formula is C12H17N3O3. The molecule has 1 aliphatic heterocycles. The van der Waals surface area contributed by atoms with Gasteiger partial charge in [0.1, 0.15) is 5.76 Å². The highest BCUT2D eigenvalue weighted by Crippen LogP contribution is 2.13.